The van der Waals surface area contributed by atoms with Crippen molar-refractivity contribution in [2.45, 2.75) is 38.8 Å². The fourth-order valence-electron chi connectivity index (χ4n) is 2.55. The van der Waals surface area contributed by atoms with Crippen molar-refractivity contribution in [3.05, 3.63) is 20.8 Å². The Labute approximate surface area is 139 Å². The Kier molecular flexibility index (Phi) is 6.16. The molecule has 9 heteroatoms. The third-order valence-electron chi connectivity index (χ3n) is 3.90. The van der Waals surface area contributed by atoms with Crippen LogP contribution in [0, 0.1) is 0 Å². The maximum absolute atomic E-state index is 12.6. The number of aliphatic hydroxyl groups excluding tert-OH is 1. The van der Waals surface area contributed by atoms with Crippen LogP contribution >= 0.6 is 0 Å². The van der Waals surface area contributed by atoms with Gasteiger partial charge >= 0.3 is 5.69 Å². The average Bonchev–Trinajstić information content (AvgIpc) is 2.96. The van der Waals surface area contributed by atoms with Crippen molar-refractivity contribution in [2.24, 2.45) is 7.05 Å². The molecule has 24 heavy (non-hydrogen) atoms. The van der Waals surface area contributed by atoms with E-state index in [1.807, 2.05) is 7.05 Å². The number of likely N-dealkylation sites (N-methyl/N-ethyl adjacent to an activating group) is 1. The fourth-order valence-corrected chi connectivity index (χ4v) is 2.55. The first kappa shape index (κ1) is 18.2. The molecule has 0 saturated heterocycles. The Morgan fingerprint density at radius 3 is 2.71 bits per heavy atom. The van der Waals surface area contributed by atoms with E-state index in [4.69, 9.17) is 0 Å². The van der Waals surface area contributed by atoms with E-state index in [9.17, 15) is 14.7 Å². The highest BCUT2D eigenvalue weighted by atomic mass is 16.3. The van der Waals surface area contributed by atoms with Crippen molar-refractivity contribution < 1.29 is 5.11 Å². The number of anilines is 1. The van der Waals surface area contributed by atoms with Gasteiger partial charge in [0.1, 0.15) is 0 Å². The lowest BCUT2D eigenvalue weighted by Crippen LogP contribution is -2.39. The van der Waals surface area contributed by atoms with Crippen molar-refractivity contribution in [1.82, 2.24) is 24.4 Å². The molecular formula is C15H26N6O3. The number of aromatic nitrogens is 4. The molecule has 0 aromatic carbocycles. The second-order valence-electron chi connectivity index (χ2n) is 5.96. The number of hydrogen-bond acceptors (Lipinski definition) is 6. The van der Waals surface area contributed by atoms with E-state index in [0.717, 1.165) is 13.0 Å². The minimum atomic E-state index is -0.377. The van der Waals surface area contributed by atoms with Crippen molar-refractivity contribution in [2.75, 3.05) is 25.5 Å². The lowest BCUT2D eigenvalue weighted by Gasteiger charge is -2.08. The summed E-state index contributed by atoms with van der Waals surface area (Å²) in [5.41, 5.74) is -0.0751. The smallest absolute Gasteiger partial charge is 0.332 e. The molecule has 134 valence electrons. The zero-order chi connectivity index (χ0) is 17.7. The maximum Gasteiger partial charge on any atom is 0.332 e. The van der Waals surface area contributed by atoms with Gasteiger partial charge in [-0.15, -0.1) is 0 Å². The van der Waals surface area contributed by atoms with Gasteiger partial charge in [-0.3, -0.25) is 13.9 Å². The highest BCUT2D eigenvalue weighted by Crippen LogP contribution is 2.08. The Morgan fingerprint density at radius 2 is 2.04 bits per heavy atom. The minimum Gasteiger partial charge on any atom is -0.393 e. The van der Waals surface area contributed by atoms with E-state index < -0.39 is 0 Å². The van der Waals surface area contributed by atoms with Crippen LogP contribution in [-0.2, 0) is 13.6 Å². The van der Waals surface area contributed by atoms with Crippen LogP contribution in [0.3, 0.4) is 0 Å². The molecule has 0 saturated carbocycles. The summed E-state index contributed by atoms with van der Waals surface area (Å²) in [6.07, 6.45) is 1.70. The summed E-state index contributed by atoms with van der Waals surface area (Å²) in [5.74, 6) is 0.471. The molecule has 2 aromatic rings. The number of rotatable bonds is 9. The molecule has 0 aliphatic carbocycles. The second kappa shape index (κ2) is 8.11. The minimum absolute atomic E-state index is 0.319. The number of aliphatic hydroxyl groups is 1. The van der Waals surface area contributed by atoms with Crippen LogP contribution in [0.4, 0.5) is 5.95 Å². The number of imidazole rings is 1. The largest absolute Gasteiger partial charge is 0.393 e. The molecule has 0 radical (unpaired) electrons. The monoisotopic (exact) mass is 338 g/mol. The van der Waals surface area contributed by atoms with Gasteiger partial charge in [0.2, 0.25) is 5.95 Å². The molecule has 9 nitrogen and oxygen atoms in total. The molecule has 2 rings (SSSR count). The average molecular weight is 338 g/mol. The highest BCUT2D eigenvalue weighted by Gasteiger charge is 2.15. The topological polar surface area (TPSA) is 117 Å². The third kappa shape index (κ3) is 4.04. The fraction of sp³-hybridized carbons (Fsp3) is 0.667. The number of nitrogens with zero attached hydrogens (tertiary/aromatic N) is 3. The van der Waals surface area contributed by atoms with Crippen molar-refractivity contribution in [3.8, 4) is 0 Å². The SMILES string of the molecule is CNCCNc1nc2c([nH]1)c(=O)n(CCCCC(C)O)c(=O)n2C. The molecule has 0 aliphatic heterocycles. The van der Waals surface area contributed by atoms with Crippen molar-refractivity contribution in [3.63, 3.8) is 0 Å². The first-order chi connectivity index (χ1) is 11.5. The third-order valence-corrected chi connectivity index (χ3v) is 3.90. The molecule has 0 bridgehead atoms. The molecule has 2 aromatic heterocycles. The van der Waals surface area contributed by atoms with E-state index in [1.165, 1.54) is 9.13 Å². The summed E-state index contributed by atoms with van der Waals surface area (Å²) in [6, 6.07) is 0. The zero-order valence-electron chi connectivity index (χ0n) is 14.4. The van der Waals surface area contributed by atoms with E-state index in [-0.39, 0.29) is 17.4 Å². The molecule has 0 fully saturated rings. The number of H-pyrrole nitrogens is 1. The van der Waals surface area contributed by atoms with Gasteiger partial charge < -0.3 is 20.7 Å². The first-order valence-corrected chi connectivity index (χ1v) is 8.21. The zero-order valence-corrected chi connectivity index (χ0v) is 14.4. The quantitative estimate of drug-likeness (QED) is 0.463. The van der Waals surface area contributed by atoms with E-state index in [0.29, 0.717) is 43.0 Å². The van der Waals surface area contributed by atoms with Crippen LogP contribution < -0.4 is 21.9 Å². The van der Waals surface area contributed by atoms with Crippen molar-refractivity contribution in [1.29, 1.82) is 0 Å². The first-order valence-electron chi connectivity index (χ1n) is 8.21. The Balaban J connectivity index is 2.26. The summed E-state index contributed by atoms with van der Waals surface area (Å²) < 4.78 is 2.60. The summed E-state index contributed by atoms with van der Waals surface area (Å²) in [5, 5.41) is 15.4. The normalized spacial score (nSPS) is 12.7. The maximum atomic E-state index is 12.6. The highest BCUT2D eigenvalue weighted by molar-refractivity contribution is 5.72. The Hall–Kier alpha value is -2.13. The molecule has 0 spiro atoms. The molecule has 0 aliphatic rings. The van der Waals surface area contributed by atoms with Crippen LogP contribution in [0.2, 0.25) is 0 Å². The number of aryl methyl sites for hydroxylation is 1. The molecule has 1 unspecified atom stereocenters. The molecule has 4 N–H and O–H groups in total. The number of hydrogen-bond donors (Lipinski definition) is 4. The molecule has 2 heterocycles. The summed E-state index contributed by atoms with van der Waals surface area (Å²) in [7, 11) is 3.45. The van der Waals surface area contributed by atoms with Crippen molar-refractivity contribution >= 4 is 17.1 Å². The van der Waals surface area contributed by atoms with Gasteiger partial charge in [-0.1, -0.05) is 0 Å². The van der Waals surface area contributed by atoms with E-state index in [1.54, 1.807) is 14.0 Å². The summed E-state index contributed by atoms with van der Waals surface area (Å²) in [4.78, 5) is 32.2. The molecular weight excluding hydrogens is 312 g/mol. The number of nitrogens with one attached hydrogen (secondary N) is 3. The lowest BCUT2D eigenvalue weighted by atomic mass is 10.2. The standard InChI is InChI=1S/C15H26N6O3/c1-10(22)6-4-5-9-21-13(23)11-12(20(3)15(21)24)19-14(18-11)17-8-7-16-2/h10,16,22H,4-9H2,1-3H3,(H2,17,18,19). The number of fused-ring (bicyclic) bond motifs is 1. The number of unbranched alkanes of at least 4 members (excludes halogenated alkanes) is 1. The van der Waals surface area contributed by atoms with Gasteiger partial charge in [0.05, 0.1) is 6.10 Å². The molecule has 0 amide bonds. The molecule has 1 atom stereocenters. The van der Waals surface area contributed by atoms with Gasteiger partial charge in [0, 0.05) is 26.7 Å². The van der Waals surface area contributed by atoms with Gasteiger partial charge in [-0.05, 0) is 33.2 Å². The predicted octanol–water partition coefficient (Wildman–Crippen LogP) is -0.394. The number of aromatic amines is 1. The van der Waals surface area contributed by atoms with Gasteiger partial charge in [0.25, 0.3) is 5.56 Å². The van der Waals surface area contributed by atoms with Crippen LogP contribution in [0.5, 0.6) is 0 Å². The van der Waals surface area contributed by atoms with E-state index in [2.05, 4.69) is 20.6 Å². The summed E-state index contributed by atoms with van der Waals surface area (Å²) >= 11 is 0. The van der Waals surface area contributed by atoms with Crippen LogP contribution in [0.15, 0.2) is 9.59 Å². The predicted molar refractivity (Wildman–Crippen MR) is 93.5 cm³/mol. The Morgan fingerprint density at radius 1 is 1.29 bits per heavy atom. The van der Waals surface area contributed by atoms with Gasteiger partial charge in [0.15, 0.2) is 11.2 Å². The lowest BCUT2D eigenvalue weighted by molar-refractivity contribution is 0.180. The Bertz CT molecular complexity index is 789. The van der Waals surface area contributed by atoms with Crippen LogP contribution in [0.25, 0.3) is 11.2 Å². The van der Waals surface area contributed by atoms with E-state index >= 15 is 0 Å². The second-order valence-corrected chi connectivity index (χ2v) is 5.96. The van der Waals surface area contributed by atoms with Gasteiger partial charge in [-0.2, -0.15) is 4.98 Å². The summed E-state index contributed by atoms with van der Waals surface area (Å²) in [6.45, 7) is 3.46. The van der Waals surface area contributed by atoms with Crippen LogP contribution in [-0.4, -0.2) is 50.4 Å². The van der Waals surface area contributed by atoms with Crippen LogP contribution in [0.1, 0.15) is 26.2 Å². The van der Waals surface area contributed by atoms with Gasteiger partial charge in [-0.25, -0.2) is 4.79 Å².